The molecule has 142 valence electrons. The number of ether oxygens (including phenoxy) is 2. The Kier molecular flexibility index (Phi) is 10.0. The summed E-state index contributed by atoms with van der Waals surface area (Å²) >= 11 is 6.28. The minimum atomic E-state index is -0.553. The van der Waals surface area contributed by atoms with Crippen LogP contribution in [-0.2, 0) is 11.3 Å². The summed E-state index contributed by atoms with van der Waals surface area (Å²) in [5.74, 6) is 0.314. The highest BCUT2D eigenvalue weighted by Gasteiger charge is 2.15. The predicted octanol–water partition coefficient (Wildman–Crippen LogP) is 3.84. The van der Waals surface area contributed by atoms with Crippen LogP contribution in [0.5, 0.6) is 11.5 Å². The van der Waals surface area contributed by atoms with Gasteiger partial charge in [-0.2, -0.15) is 0 Å². The maximum atomic E-state index is 10.9. The number of benzene rings is 1. The van der Waals surface area contributed by atoms with Crippen LogP contribution < -0.4 is 20.5 Å². The molecule has 0 bridgehead atoms. The van der Waals surface area contributed by atoms with E-state index in [9.17, 15) is 4.79 Å². The zero-order valence-electron chi connectivity index (χ0n) is 14.7. The Hall–Kier alpha value is -1.17. The van der Waals surface area contributed by atoms with Crippen LogP contribution >= 0.6 is 24.0 Å². The van der Waals surface area contributed by atoms with E-state index in [0.29, 0.717) is 22.6 Å². The quantitative estimate of drug-likeness (QED) is 0.741. The first kappa shape index (κ1) is 21.9. The van der Waals surface area contributed by atoms with E-state index in [-0.39, 0.29) is 19.0 Å². The normalized spacial score (nSPS) is 15.6. The van der Waals surface area contributed by atoms with Gasteiger partial charge in [0.1, 0.15) is 0 Å². The van der Waals surface area contributed by atoms with Crippen LogP contribution in [-0.4, -0.2) is 25.7 Å². The molecule has 1 aliphatic carbocycles. The second-order valence-electron chi connectivity index (χ2n) is 6.29. The Morgan fingerprint density at radius 2 is 1.88 bits per heavy atom. The number of halogens is 2. The largest absolute Gasteiger partial charge is 0.493 e. The van der Waals surface area contributed by atoms with Gasteiger partial charge in [-0.25, -0.2) is 0 Å². The number of nitrogens with one attached hydrogen (secondary N) is 1. The average molecular weight is 391 g/mol. The molecule has 1 fully saturated rings. The molecule has 0 heterocycles. The van der Waals surface area contributed by atoms with Gasteiger partial charge in [0.15, 0.2) is 18.1 Å². The van der Waals surface area contributed by atoms with Gasteiger partial charge in [-0.15, -0.1) is 12.4 Å². The van der Waals surface area contributed by atoms with Crippen molar-refractivity contribution in [2.75, 3.05) is 13.7 Å². The van der Waals surface area contributed by atoms with Crippen molar-refractivity contribution >= 4 is 29.9 Å². The van der Waals surface area contributed by atoms with Gasteiger partial charge in [-0.3, -0.25) is 4.79 Å². The van der Waals surface area contributed by atoms with Crippen LogP contribution in [0.1, 0.15) is 50.5 Å². The maximum absolute atomic E-state index is 10.9. The molecule has 1 amide bonds. The summed E-state index contributed by atoms with van der Waals surface area (Å²) in [5.41, 5.74) is 6.14. The Morgan fingerprint density at radius 3 is 2.48 bits per heavy atom. The van der Waals surface area contributed by atoms with E-state index in [0.717, 1.165) is 12.1 Å². The topological polar surface area (TPSA) is 73.6 Å². The number of amides is 1. The van der Waals surface area contributed by atoms with Crippen molar-refractivity contribution in [1.29, 1.82) is 0 Å². The summed E-state index contributed by atoms with van der Waals surface area (Å²) in [6.07, 6.45) is 9.08. The van der Waals surface area contributed by atoms with Crippen LogP contribution in [0.25, 0.3) is 0 Å². The van der Waals surface area contributed by atoms with Crippen molar-refractivity contribution in [2.45, 2.75) is 57.5 Å². The van der Waals surface area contributed by atoms with Gasteiger partial charge in [0.05, 0.1) is 12.1 Å². The number of rotatable bonds is 7. The van der Waals surface area contributed by atoms with Crippen molar-refractivity contribution in [3.05, 3.63) is 22.7 Å². The molecule has 1 aliphatic rings. The minimum absolute atomic E-state index is 0. The van der Waals surface area contributed by atoms with Crippen LogP contribution in [0.4, 0.5) is 0 Å². The molecule has 2 rings (SSSR count). The van der Waals surface area contributed by atoms with Gasteiger partial charge in [0.25, 0.3) is 5.91 Å². The van der Waals surface area contributed by atoms with Gasteiger partial charge < -0.3 is 20.5 Å². The van der Waals surface area contributed by atoms with E-state index < -0.39 is 5.91 Å². The maximum Gasteiger partial charge on any atom is 0.255 e. The van der Waals surface area contributed by atoms with Gasteiger partial charge >= 0.3 is 0 Å². The lowest BCUT2D eigenvalue weighted by Crippen LogP contribution is -2.29. The molecule has 3 N–H and O–H groups in total. The van der Waals surface area contributed by atoms with Gasteiger partial charge in [0, 0.05) is 12.6 Å². The van der Waals surface area contributed by atoms with E-state index in [1.165, 1.54) is 44.9 Å². The van der Waals surface area contributed by atoms with E-state index in [4.69, 9.17) is 26.8 Å². The SMILES string of the molecule is COc1cc(CNC2CCCCCCC2)cc(Cl)c1OCC(N)=O.Cl. The number of methoxy groups -OCH3 is 1. The lowest BCUT2D eigenvalue weighted by atomic mass is 9.96. The fourth-order valence-electron chi connectivity index (χ4n) is 3.08. The van der Waals surface area contributed by atoms with Gasteiger partial charge in [0.2, 0.25) is 0 Å². The van der Waals surface area contributed by atoms with E-state index >= 15 is 0 Å². The summed E-state index contributed by atoms with van der Waals surface area (Å²) in [7, 11) is 1.55. The van der Waals surface area contributed by atoms with Gasteiger partial charge in [-0.1, -0.05) is 43.7 Å². The number of hydrogen-bond acceptors (Lipinski definition) is 4. The lowest BCUT2D eigenvalue weighted by molar-refractivity contribution is -0.119. The van der Waals surface area contributed by atoms with Crippen LogP contribution in [0.3, 0.4) is 0 Å². The Balaban J connectivity index is 0.00000312. The molecular weight excluding hydrogens is 363 g/mol. The molecule has 1 aromatic rings. The average Bonchev–Trinajstić information content (AvgIpc) is 2.52. The minimum Gasteiger partial charge on any atom is -0.493 e. The summed E-state index contributed by atoms with van der Waals surface area (Å²) in [4.78, 5) is 10.9. The van der Waals surface area contributed by atoms with E-state index in [1.54, 1.807) is 7.11 Å². The zero-order valence-corrected chi connectivity index (χ0v) is 16.3. The highest BCUT2D eigenvalue weighted by molar-refractivity contribution is 6.32. The second-order valence-corrected chi connectivity index (χ2v) is 6.69. The summed E-state index contributed by atoms with van der Waals surface area (Å²) in [6.45, 7) is 0.507. The molecule has 0 spiro atoms. The highest BCUT2D eigenvalue weighted by atomic mass is 35.5. The molecule has 0 unspecified atom stereocenters. The number of hydrogen-bond donors (Lipinski definition) is 2. The van der Waals surface area contributed by atoms with Crippen molar-refractivity contribution < 1.29 is 14.3 Å². The molecule has 0 aromatic heterocycles. The standard InChI is InChI=1S/C18H27ClN2O3.ClH/c1-23-16-10-13(9-15(19)18(16)24-12-17(20)22)11-21-14-7-5-3-2-4-6-8-14;/h9-10,14,21H,2-8,11-12H2,1H3,(H2,20,22);1H. The van der Waals surface area contributed by atoms with Gasteiger partial charge in [-0.05, 0) is 30.5 Å². The predicted molar refractivity (Wildman–Crippen MR) is 103 cm³/mol. The third-order valence-corrected chi connectivity index (χ3v) is 4.63. The molecule has 7 heteroatoms. The van der Waals surface area contributed by atoms with Crippen LogP contribution in [0, 0.1) is 0 Å². The van der Waals surface area contributed by atoms with Crippen molar-refractivity contribution in [1.82, 2.24) is 5.32 Å². The van der Waals surface area contributed by atoms with E-state index in [2.05, 4.69) is 5.32 Å². The van der Waals surface area contributed by atoms with Crippen molar-refractivity contribution in [2.24, 2.45) is 5.73 Å². The molecule has 25 heavy (non-hydrogen) atoms. The second kappa shape index (κ2) is 11.4. The first-order valence-corrected chi connectivity index (χ1v) is 8.99. The number of carbonyl (C=O) groups excluding carboxylic acids is 1. The Labute approximate surface area is 161 Å². The molecule has 1 saturated carbocycles. The summed E-state index contributed by atoms with van der Waals surface area (Å²) < 4.78 is 10.7. The van der Waals surface area contributed by atoms with E-state index in [1.807, 2.05) is 12.1 Å². The summed E-state index contributed by atoms with van der Waals surface area (Å²) in [6, 6.07) is 4.29. The molecule has 1 aromatic carbocycles. The molecule has 0 aliphatic heterocycles. The molecule has 0 saturated heterocycles. The molecule has 0 radical (unpaired) electrons. The van der Waals surface area contributed by atoms with Crippen LogP contribution in [0.2, 0.25) is 5.02 Å². The number of carbonyl (C=O) groups is 1. The first-order valence-electron chi connectivity index (χ1n) is 8.61. The molecular formula is C18H28Cl2N2O3. The number of primary amides is 1. The highest BCUT2D eigenvalue weighted by Crippen LogP contribution is 2.36. The molecule has 0 atom stereocenters. The molecule has 5 nitrogen and oxygen atoms in total. The monoisotopic (exact) mass is 390 g/mol. The first-order chi connectivity index (χ1) is 11.6. The van der Waals surface area contributed by atoms with Crippen molar-refractivity contribution in [3.8, 4) is 11.5 Å². The Bertz CT molecular complexity index is 547. The summed E-state index contributed by atoms with van der Waals surface area (Å²) in [5, 5.41) is 4.05. The third-order valence-electron chi connectivity index (χ3n) is 4.35. The number of nitrogens with two attached hydrogens (primary N) is 1. The van der Waals surface area contributed by atoms with Crippen LogP contribution in [0.15, 0.2) is 12.1 Å². The fraction of sp³-hybridized carbons (Fsp3) is 0.611. The van der Waals surface area contributed by atoms with Crippen molar-refractivity contribution in [3.63, 3.8) is 0 Å². The third kappa shape index (κ3) is 7.30. The Morgan fingerprint density at radius 1 is 1.24 bits per heavy atom. The smallest absolute Gasteiger partial charge is 0.255 e. The zero-order chi connectivity index (χ0) is 17.4. The lowest BCUT2D eigenvalue weighted by Gasteiger charge is -2.21. The fourth-order valence-corrected chi connectivity index (χ4v) is 3.37.